The Balaban J connectivity index is 2.21. The van der Waals surface area contributed by atoms with Crippen LogP contribution in [-0.4, -0.2) is 25.3 Å². The van der Waals surface area contributed by atoms with Gasteiger partial charge >= 0.3 is 6.09 Å². The lowest BCUT2D eigenvalue weighted by Crippen LogP contribution is -2.53. The molecule has 0 spiro atoms. The summed E-state index contributed by atoms with van der Waals surface area (Å²) >= 11 is 0. The summed E-state index contributed by atoms with van der Waals surface area (Å²) in [4.78, 5) is 16.7. The van der Waals surface area contributed by atoms with Gasteiger partial charge in [0.05, 0.1) is 25.5 Å². The maximum Gasteiger partial charge on any atom is 0.407 e. The standard InChI is InChI=1S/C18H22N2O3/c1-5-13-12-8-11(2)10-18(13,20-17(21)23-4)14-6-7-16(22-3)19-15(14)9-12/h5-8,12H,9-10H2,1-4H3,(H,20,21). The molecule has 5 heteroatoms. The fourth-order valence-electron chi connectivity index (χ4n) is 3.97. The molecule has 1 heterocycles. The molecule has 122 valence electrons. The molecular weight excluding hydrogens is 292 g/mol. The number of allylic oxidation sites excluding steroid dienone is 2. The van der Waals surface area contributed by atoms with Crippen LogP contribution in [0.5, 0.6) is 5.88 Å². The molecule has 2 unspecified atom stereocenters. The lowest BCUT2D eigenvalue weighted by Gasteiger charge is -2.47. The van der Waals surface area contributed by atoms with Crippen LogP contribution in [0.2, 0.25) is 0 Å². The van der Waals surface area contributed by atoms with E-state index in [9.17, 15) is 4.79 Å². The number of hydrogen-bond donors (Lipinski definition) is 1. The highest BCUT2D eigenvalue weighted by Gasteiger charge is 2.48. The van der Waals surface area contributed by atoms with Crippen molar-refractivity contribution in [3.8, 4) is 5.88 Å². The average molecular weight is 314 g/mol. The van der Waals surface area contributed by atoms with Gasteiger partial charge in [-0.3, -0.25) is 0 Å². The zero-order valence-electron chi connectivity index (χ0n) is 14.0. The summed E-state index contributed by atoms with van der Waals surface area (Å²) in [6, 6.07) is 3.86. The van der Waals surface area contributed by atoms with Gasteiger partial charge in [-0.15, -0.1) is 0 Å². The number of ether oxygens (including phenoxy) is 2. The van der Waals surface area contributed by atoms with Crippen molar-refractivity contribution in [2.75, 3.05) is 14.2 Å². The lowest BCUT2D eigenvalue weighted by molar-refractivity contribution is 0.155. The number of amides is 1. The second-order valence-corrected chi connectivity index (χ2v) is 6.11. The summed E-state index contributed by atoms with van der Waals surface area (Å²) in [5.41, 5.74) is 3.88. The number of nitrogens with one attached hydrogen (secondary N) is 1. The molecule has 2 atom stereocenters. The number of nitrogens with zero attached hydrogens (tertiary/aromatic N) is 1. The van der Waals surface area contributed by atoms with Crippen LogP contribution in [0, 0.1) is 5.92 Å². The Kier molecular flexibility index (Phi) is 3.88. The zero-order valence-corrected chi connectivity index (χ0v) is 14.0. The molecule has 1 aromatic rings. The van der Waals surface area contributed by atoms with Crippen LogP contribution in [0.4, 0.5) is 4.79 Å². The molecular formula is C18H22N2O3. The molecule has 0 saturated carbocycles. The summed E-state index contributed by atoms with van der Waals surface area (Å²) in [7, 11) is 3.00. The van der Waals surface area contributed by atoms with E-state index >= 15 is 0 Å². The lowest BCUT2D eigenvalue weighted by atomic mass is 9.63. The maximum absolute atomic E-state index is 12.1. The Morgan fingerprint density at radius 1 is 1.43 bits per heavy atom. The van der Waals surface area contributed by atoms with E-state index in [1.165, 1.54) is 18.3 Å². The van der Waals surface area contributed by atoms with Crippen LogP contribution >= 0.6 is 0 Å². The molecule has 23 heavy (non-hydrogen) atoms. The van der Waals surface area contributed by atoms with E-state index in [0.717, 1.165) is 24.1 Å². The molecule has 1 aromatic heterocycles. The van der Waals surface area contributed by atoms with E-state index in [0.29, 0.717) is 5.88 Å². The van der Waals surface area contributed by atoms with E-state index in [1.54, 1.807) is 7.11 Å². The number of rotatable bonds is 2. The molecule has 5 nitrogen and oxygen atoms in total. The number of alkyl carbamates (subject to hydrolysis) is 1. The largest absolute Gasteiger partial charge is 0.481 e. The molecule has 0 aliphatic heterocycles. The van der Waals surface area contributed by atoms with E-state index in [1.807, 2.05) is 19.1 Å². The van der Waals surface area contributed by atoms with E-state index in [-0.39, 0.29) is 5.92 Å². The van der Waals surface area contributed by atoms with Crippen molar-refractivity contribution in [2.24, 2.45) is 5.92 Å². The number of pyridine rings is 1. The number of aromatic nitrogens is 1. The molecule has 2 aliphatic carbocycles. The molecule has 1 amide bonds. The first-order valence-electron chi connectivity index (χ1n) is 7.78. The molecule has 2 aliphatic rings. The van der Waals surface area contributed by atoms with Crippen LogP contribution in [0.25, 0.3) is 0 Å². The van der Waals surface area contributed by atoms with E-state index < -0.39 is 11.6 Å². The molecule has 2 bridgehead atoms. The fraction of sp³-hybridized carbons (Fsp3) is 0.444. The van der Waals surface area contributed by atoms with Crippen molar-refractivity contribution >= 4 is 6.09 Å². The van der Waals surface area contributed by atoms with Gasteiger partial charge in [-0.25, -0.2) is 9.78 Å². The fourth-order valence-corrected chi connectivity index (χ4v) is 3.97. The second kappa shape index (κ2) is 5.72. The first-order valence-corrected chi connectivity index (χ1v) is 7.78. The van der Waals surface area contributed by atoms with Crippen molar-refractivity contribution in [1.82, 2.24) is 10.3 Å². The molecule has 1 N–H and O–H groups in total. The first-order chi connectivity index (χ1) is 11.0. The van der Waals surface area contributed by atoms with Gasteiger partial charge in [0.25, 0.3) is 0 Å². The van der Waals surface area contributed by atoms with E-state index in [2.05, 4.69) is 29.4 Å². The third-order valence-electron chi connectivity index (χ3n) is 4.76. The Bertz CT molecular complexity index is 708. The smallest absolute Gasteiger partial charge is 0.407 e. The minimum atomic E-state index is -0.585. The predicted octanol–water partition coefficient (Wildman–Crippen LogP) is 3.11. The minimum absolute atomic E-state index is 0.234. The molecule has 0 aromatic carbocycles. The van der Waals surface area contributed by atoms with Crippen molar-refractivity contribution in [1.29, 1.82) is 0 Å². The highest BCUT2D eigenvalue weighted by atomic mass is 16.5. The number of carbonyl (C=O) groups excluding carboxylic acids is 1. The van der Waals surface area contributed by atoms with E-state index in [4.69, 9.17) is 9.47 Å². The maximum atomic E-state index is 12.1. The van der Waals surface area contributed by atoms with Gasteiger partial charge in [0.2, 0.25) is 5.88 Å². The molecule has 0 fully saturated rings. The number of fused-ring (bicyclic) bond motifs is 4. The van der Waals surface area contributed by atoms with Gasteiger partial charge < -0.3 is 14.8 Å². The number of hydrogen-bond acceptors (Lipinski definition) is 4. The van der Waals surface area contributed by atoms with Crippen LogP contribution < -0.4 is 10.1 Å². The SMILES string of the molecule is CC=C1C2C=C(C)CC1(NC(=O)OC)c1ccc(OC)nc1C2. The first kappa shape index (κ1) is 15.6. The second-order valence-electron chi connectivity index (χ2n) is 6.11. The monoisotopic (exact) mass is 314 g/mol. The highest BCUT2D eigenvalue weighted by molar-refractivity contribution is 5.71. The zero-order chi connectivity index (χ0) is 16.6. The Hall–Kier alpha value is -2.30. The summed E-state index contributed by atoms with van der Waals surface area (Å²) in [6.07, 6.45) is 5.49. The van der Waals surface area contributed by atoms with Gasteiger partial charge in [0.15, 0.2) is 0 Å². The summed E-state index contributed by atoms with van der Waals surface area (Å²) in [6.45, 7) is 4.13. The van der Waals surface area contributed by atoms with Crippen molar-refractivity contribution in [3.63, 3.8) is 0 Å². The Morgan fingerprint density at radius 3 is 2.87 bits per heavy atom. The van der Waals surface area contributed by atoms with Crippen molar-refractivity contribution in [3.05, 3.63) is 46.7 Å². The Morgan fingerprint density at radius 2 is 2.22 bits per heavy atom. The highest BCUT2D eigenvalue weighted by Crippen LogP contribution is 2.49. The van der Waals surface area contributed by atoms with Crippen LogP contribution in [0.1, 0.15) is 31.5 Å². The summed E-state index contributed by atoms with van der Waals surface area (Å²) < 4.78 is 10.1. The van der Waals surface area contributed by atoms with Crippen molar-refractivity contribution < 1.29 is 14.3 Å². The Labute approximate surface area is 136 Å². The number of methoxy groups -OCH3 is 2. The van der Waals surface area contributed by atoms with Crippen LogP contribution in [-0.2, 0) is 16.7 Å². The van der Waals surface area contributed by atoms with Gasteiger partial charge in [-0.2, -0.15) is 0 Å². The minimum Gasteiger partial charge on any atom is -0.481 e. The predicted molar refractivity (Wildman–Crippen MR) is 87.3 cm³/mol. The van der Waals surface area contributed by atoms with Crippen LogP contribution in [0.3, 0.4) is 0 Å². The average Bonchev–Trinajstić information content (AvgIpc) is 2.53. The summed E-state index contributed by atoms with van der Waals surface area (Å²) in [5.74, 6) is 0.831. The topological polar surface area (TPSA) is 60.5 Å². The third-order valence-corrected chi connectivity index (χ3v) is 4.76. The number of carbonyl (C=O) groups is 1. The summed E-state index contributed by atoms with van der Waals surface area (Å²) in [5, 5.41) is 3.09. The third kappa shape index (κ3) is 2.40. The molecule has 0 saturated heterocycles. The van der Waals surface area contributed by atoms with Crippen LogP contribution in [0.15, 0.2) is 35.4 Å². The van der Waals surface area contributed by atoms with Gasteiger partial charge in [-0.1, -0.05) is 17.7 Å². The molecule has 3 rings (SSSR count). The van der Waals surface area contributed by atoms with Gasteiger partial charge in [-0.05, 0) is 31.9 Å². The normalized spacial score (nSPS) is 27.0. The molecule has 0 radical (unpaired) electrons. The van der Waals surface area contributed by atoms with Gasteiger partial charge in [0, 0.05) is 24.0 Å². The van der Waals surface area contributed by atoms with Crippen molar-refractivity contribution in [2.45, 2.75) is 32.2 Å². The van der Waals surface area contributed by atoms with Gasteiger partial charge in [0.1, 0.15) is 0 Å². The quantitative estimate of drug-likeness (QED) is 0.852.